The van der Waals surface area contributed by atoms with Gasteiger partial charge in [-0.2, -0.15) is 5.10 Å². The second kappa shape index (κ2) is 4.42. The number of benzene rings is 1. The zero-order chi connectivity index (χ0) is 14.4. The van der Waals surface area contributed by atoms with E-state index >= 15 is 0 Å². The summed E-state index contributed by atoms with van der Waals surface area (Å²) < 4.78 is 17.8. The molecule has 5 nitrogen and oxygen atoms in total. The zero-order valence-electron chi connectivity index (χ0n) is 11.6. The highest BCUT2D eigenvalue weighted by atomic mass is 19.1. The van der Waals surface area contributed by atoms with Crippen LogP contribution in [0.15, 0.2) is 24.5 Å². The van der Waals surface area contributed by atoms with Crippen molar-refractivity contribution in [1.82, 2.24) is 19.3 Å². The normalized spacial score (nSPS) is 13.1. The van der Waals surface area contributed by atoms with Gasteiger partial charge in [0.1, 0.15) is 11.6 Å². The molecular weight excluding hydrogens is 257 g/mol. The summed E-state index contributed by atoms with van der Waals surface area (Å²) in [6.07, 6.45) is 3.44. The Morgan fingerprint density at radius 3 is 2.65 bits per heavy atom. The lowest BCUT2D eigenvalue weighted by atomic mass is 10.1. The van der Waals surface area contributed by atoms with Crippen molar-refractivity contribution in [2.45, 2.75) is 13.0 Å². The first kappa shape index (κ1) is 12.8. The fraction of sp³-hybridized carbons (Fsp3) is 0.286. The third-order valence-corrected chi connectivity index (χ3v) is 3.42. The molecule has 104 valence electrons. The molecule has 0 fully saturated rings. The molecule has 20 heavy (non-hydrogen) atoms. The van der Waals surface area contributed by atoms with E-state index in [1.54, 1.807) is 30.2 Å². The van der Waals surface area contributed by atoms with Crippen LogP contribution < -0.4 is 5.73 Å². The van der Waals surface area contributed by atoms with Crippen LogP contribution in [-0.4, -0.2) is 19.3 Å². The number of hydrogen-bond donors (Lipinski definition) is 1. The summed E-state index contributed by atoms with van der Waals surface area (Å²) in [5.74, 6) is 0.445. The smallest absolute Gasteiger partial charge is 0.133 e. The molecule has 1 atom stereocenters. The second-order valence-electron chi connectivity index (χ2n) is 5.01. The van der Waals surface area contributed by atoms with Gasteiger partial charge in [0.2, 0.25) is 0 Å². The Labute approximate surface area is 115 Å². The molecule has 3 rings (SSSR count). The minimum Gasteiger partial charge on any atom is -0.329 e. The van der Waals surface area contributed by atoms with Gasteiger partial charge in [-0.3, -0.25) is 4.68 Å². The lowest BCUT2D eigenvalue weighted by molar-refractivity contribution is 0.631. The molecule has 0 unspecified atom stereocenters. The van der Waals surface area contributed by atoms with E-state index in [2.05, 4.69) is 10.1 Å². The van der Waals surface area contributed by atoms with E-state index in [0.29, 0.717) is 5.56 Å². The Morgan fingerprint density at radius 2 is 2.05 bits per heavy atom. The Balaban J connectivity index is 2.38. The molecule has 0 saturated carbocycles. The van der Waals surface area contributed by atoms with Crippen LogP contribution in [0, 0.1) is 5.82 Å². The fourth-order valence-electron chi connectivity index (χ4n) is 2.53. The van der Waals surface area contributed by atoms with Gasteiger partial charge in [-0.1, -0.05) is 0 Å². The number of nitrogens with zero attached hydrogens (tertiary/aromatic N) is 4. The molecule has 0 aliphatic heterocycles. The number of rotatable bonds is 2. The van der Waals surface area contributed by atoms with Crippen LogP contribution in [0.25, 0.3) is 22.2 Å². The molecule has 0 aliphatic rings. The van der Waals surface area contributed by atoms with Gasteiger partial charge in [-0.25, -0.2) is 9.37 Å². The van der Waals surface area contributed by atoms with E-state index in [1.165, 1.54) is 6.07 Å². The Morgan fingerprint density at radius 1 is 1.30 bits per heavy atom. The third-order valence-electron chi connectivity index (χ3n) is 3.42. The van der Waals surface area contributed by atoms with Gasteiger partial charge in [0.25, 0.3) is 0 Å². The van der Waals surface area contributed by atoms with Gasteiger partial charge in [0, 0.05) is 31.4 Å². The zero-order valence-corrected chi connectivity index (χ0v) is 11.6. The molecule has 2 heterocycles. The van der Waals surface area contributed by atoms with Crippen LogP contribution in [0.5, 0.6) is 0 Å². The number of nitrogens with two attached hydrogens (primary N) is 1. The van der Waals surface area contributed by atoms with Crippen LogP contribution in [0.1, 0.15) is 18.8 Å². The maximum atomic E-state index is 14.3. The standard InChI is InChI=1S/C14H16FN5/c1-8(16)14-18-11-5-4-10(15)12(13(11)20(14)3)9-6-17-19(2)7-9/h4-8H,16H2,1-3H3/t8-/m0/s1. The summed E-state index contributed by atoms with van der Waals surface area (Å²) in [6.45, 7) is 1.86. The maximum Gasteiger partial charge on any atom is 0.133 e. The van der Waals surface area contributed by atoms with Crippen LogP contribution in [-0.2, 0) is 14.1 Å². The summed E-state index contributed by atoms with van der Waals surface area (Å²) in [4.78, 5) is 4.49. The first-order chi connectivity index (χ1) is 9.49. The van der Waals surface area contributed by atoms with Gasteiger partial charge < -0.3 is 10.3 Å². The summed E-state index contributed by atoms with van der Waals surface area (Å²) in [6, 6.07) is 2.90. The van der Waals surface area contributed by atoms with Gasteiger partial charge in [0.05, 0.1) is 23.3 Å². The van der Waals surface area contributed by atoms with Crippen molar-refractivity contribution in [2.75, 3.05) is 0 Å². The predicted octanol–water partition coefficient (Wildman–Crippen LogP) is 2.13. The highest BCUT2D eigenvalue weighted by Crippen LogP contribution is 2.32. The van der Waals surface area contributed by atoms with Crippen molar-refractivity contribution in [3.8, 4) is 11.1 Å². The maximum absolute atomic E-state index is 14.3. The average molecular weight is 273 g/mol. The lowest BCUT2D eigenvalue weighted by Gasteiger charge is -2.08. The molecular formula is C14H16FN5. The van der Waals surface area contributed by atoms with Gasteiger partial charge in [-0.15, -0.1) is 0 Å². The minimum absolute atomic E-state index is 0.211. The SMILES string of the molecule is C[C@H](N)c1nc2ccc(F)c(-c3cnn(C)c3)c2n1C. The first-order valence-electron chi connectivity index (χ1n) is 6.38. The number of hydrogen-bond acceptors (Lipinski definition) is 3. The van der Waals surface area contributed by atoms with Crippen molar-refractivity contribution < 1.29 is 4.39 Å². The van der Waals surface area contributed by atoms with E-state index in [9.17, 15) is 4.39 Å². The number of aromatic nitrogens is 4. The highest BCUT2D eigenvalue weighted by Gasteiger charge is 2.19. The second-order valence-corrected chi connectivity index (χ2v) is 5.01. The molecule has 0 radical (unpaired) electrons. The Hall–Kier alpha value is -2.21. The Kier molecular flexibility index (Phi) is 2.83. The molecule has 0 amide bonds. The topological polar surface area (TPSA) is 61.7 Å². The van der Waals surface area contributed by atoms with Gasteiger partial charge in [0.15, 0.2) is 0 Å². The fourth-order valence-corrected chi connectivity index (χ4v) is 2.53. The van der Waals surface area contributed by atoms with Gasteiger partial charge >= 0.3 is 0 Å². The summed E-state index contributed by atoms with van der Waals surface area (Å²) in [7, 11) is 3.66. The number of halogens is 1. The lowest BCUT2D eigenvalue weighted by Crippen LogP contribution is -2.11. The number of fused-ring (bicyclic) bond motifs is 1. The predicted molar refractivity (Wildman–Crippen MR) is 75.5 cm³/mol. The van der Waals surface area contributed by atoms with E-state index in [1.807, 2.05) is 18.5 Å². The monoisotopic (exact) mass is 273 g/mol. The Bertz CT molecular complexity index is 784. The van der Waals surface area contributed by atoms with E-state index in [-0.39, 0.29) is 11.9 Å². The highest BCUT2D eigenvalue weighted by molar-refractivity contribution is 5.92. The van der Waals surface area contributed by atoms with Crippen molar-refractivity contribution in [3.63, 3.8) is 0 Å². The number of aryl methyl sites for hydroxylation is 2. The van der Waals surface area contributed by atoms with Crippen molar-refractivity contribution in [1.29, 1.82) is 0 Å². The molecule has 2 aromatic heterocycles. The van der Waals surface area contributed by atoms with Gasteiger partial charge in [-0.05, 0) is 19.1 Å². The quantitative estimate of drug-likeness (QED) is 0.778. The van der Waals surface area contributed by atoms with E-state index in [4.69, 9.17) is 5.73 Å². The van der Waals surface area contributed by atoms with Crippen LogP contribution in [0.3, 0.4) is 0 Å². The van der Waals surface area contributed by atoms with Crippen molar-refractivity contribution in [2.24, 2.45) is 19.8 Å². The minimum atomic E-state index is -0.287. The van der Waals surface area contributed by atoms with Crippen molar-refractivity contribution in [3.05, 3.63) is 36.2 Å². The van der Waals surface area contributed by atoms with Crippen molar-refractivity contribution >= 4 is 11.0 Å². The molecule has 1 aromatic carbocycles. The third kappa shape index (κ3) is 1.80. The summed E-state index contributed by atoms with van der Waals surface area (Å²) >= 11 is 0. The average Bonchev–Trinajstić information content (AvgIpc) is 2.95. The van der Waals surface area contributed by atoms with Crippen LogP contribution in [0.4, 0.5) is 4.39 Å². The molecule has 0 spiro atoms. The van der Waals surface area contributed by atoms with Crippen LogP contribution in [0.2, 0.25) is 0 Å². The molecule has 0 bridgehead atoms. The largest absolute Gasteiger partial charge is 0.329 e. The molecule has 2 N–H and O–H groups in total. The molecule has 3 aromatic rings. The molecule has 0 aliphatic carbocycles. The molecule has 6 heteroatoms. The first-order valence-corrected chi connectivity index (χ1v) is 6.38. The molecule has 0 saturated heterocycles. The van der Waals surface area contributed by atoms with E-state index in [0.717, 1.165) is 22.4 Å². The summed E-state index contributed by atoms with van der Waals surface area (Å²) in [5, 5.41) is 4.11. The van der Waals surface area contributed by atoms with Crippen LogP contribution >= 0.6 is 0 Å². The number of imidazole rings is 1. The van der Waals surface area contributed by atoms with E-state index < -0.39 is 0 Å². The summed E-state index contributed by atoms with van der Waals surface area (Å²) in [5.41, 5.74) is 8.64.